The predicted octanol–water partition coefficient (Wildman–Crippen LogP) is 1.38. The zero-order chi connectivity index (χ0) is 12.1. The molecule has 16 heavy (non-hydrogen) atoms. The summed E-state index contributed by atoms with van der Waals surface area (Å²) in [4.78, 5) is 10.3. The summed E-state index contributed by atoms with van der Waals surface area (Å²) >= 11 is 0. The molecule has 1 aromatic carbocycles. The van der Waals surface area contributed by atoms with Crippen LogP contribution in [-0.2, 0) is 4.79 Å². The van der Waals surface area contributed by atoms with Crippen LogP contribution in [-0.4, -0.2) is 28.8 Å². The first-order valence-corrected chi connectivity index (χ1v) is 4.89. The molecule has 88 valence electrons. The molecule has 3 N–H and O–H groups in total. The number of hydrogen-bond donors (Lipinski definition) is 3. The summed E-state index contributed by atoms with van der Waals surface area (Å²) in [6.07, 6.45) is -1.39. The number of carboxylic acid groups (broad SMARTS) is 1. The van der Waals surface area contributed by atoms with Gasteiger partial charge in [0.2, 0.25) is 0 Å². The number of carboxylic acids is 1. The number of aryl methyl sites for hydroxylation is 1. The van der Waals surface area contributed by atoms with Gasteiger partial charge in [-0.3, -0.25) is 4.79 Å². The molecule has 1 unspecified atom stereocenters. The Labute approximate surface area is 92.7 Å². The SMILES string of the molecule is Cc1ccc(NCC(O)CC(=O)O)c(F)c1. The smallest absolute Gasteiger partial charge is 0.306 e. The topological polar surface area (TPSA) is 69.6 Å². The molecular formula is C11H14FNO3. The van der Waals surface area contributed by atoms with Gasteiger partial charge in [0.25, 0.3) is 0 Å². The lowest BCUT2D eigenvalue weighted by Gasteiger charge is -2.11. The molecule has 0 fully saturated rings. The summed E-state index contributed by atoms with van der Waals surface area (Å²) in [6, 6.07) is 4.65. The van der Waals surface area contributed by atoms with Crippen molar-refractivity contribution >= 4 is 11.7 Å². The molecule has 0 saturated heterocycles. The first kappa shape index (κ1) is 12.4. The van der Waals surface area contributed by atoms with Crippen molar-refractivity contribution in [1.82, 2.24) is 0 Å². The second kappa shape index (κ2) is 5.46. The molecule has 1 aromatic rings. The Bertz CT molecular complexity index is 381. The highest BCUT2D eigenvalue weighted by molar-refractivity contribution is 5.67. The van der Waals surface area contributed by atoms with E-state index in [2.05, 4.69) is 5.32 Å². The maximum atomic E-state index is 13.3. The van der Waals surface area contributed by atoms with Crippen molar-refractivity contribution in [3.05, 3.63) is 29.6 Å². The summed E-state index contributed by atoms with van der Waals surface area (Å²) in [5.74, 6) is -1.50. The number of halogens is 1. The van der Waals surface area contributed by atoms with E-state index in [1.165, 1.54) is 6.07 Å². The van der Waals surface area contributed by atoms with Gasteiger partial charge in [-0.2, -0.15) is 0 Å². The fourth-order valence-corrected chi connectivity index (χ4v) is 1.27. The van der Waals surface area contributed by atoms with Crippen molar-refractivity contribution in [1.29, 1.82) is 0 Å². The summed E-state index contributed by atoms with van der Waals surface area (Å²) in [5.41, 5.74) is 1.06. The van der Waals surface area contributed by atoms with Gasteiger partial charge in [0.1, 0.15) is 5.82 Å². The minimum atomic E-state index is -1.08. The van der Waals surface area contributed by atoms with Crippen LogP contribution in [0.1, 0.15) is 12.0 Å². The zero-order valence-electron chi connectivity index (χ0n) is 8.90. The average molecular weight is 227 g/mol. The second-order valence-corrected chi connectivity index (χ2v) is 3.62. The molecule has 0 aromatic heterocycles. The van der Waals surface area contributed by atoms with Crippen LogP contribution in [0.2, 0.25) is 0 Å². The van der Waals surface area contributed by atoms with E-state index in [9.17, 15) is 14.3 Å². The minimum Gasteiger partial charge on any atom is -0.481 e. The molecular weight excluding hydrogens is 213 g/mol. The van der Waals surface area contributed by atoms with Gasteiger partial charge in [0.15, 0.2) is 0 Å². The normalized spacial score (nSPS) is 12.2. The third-order valence-electron chi connectivity index (χ3n) is 2.06. The molecule has 0 radical (unpaired) electrons. The third kappa shape index (κ3) is 3.86. The van der Waals surface area contributed by atoms with E-state index in [4.69, 9.17) is 5.11 Å². The number of aliphatic carboxylic acids is 1. The van der Waals surface area contributed by atoms with Gasteiger partial charge in [0, 0.05) is 6.54 Å². The van der Waals surface area contributed by atoms with Gasteiger partial charge in [-0.25, -0.2) is 4.39 Å². The maximum absolute atomic E-state index is 13.3. The van der Waals surface area contributed by atoms with Crippen LogP contribution in [0, 0.1) is 12.7 Å². The van der Waals surface area contributed by atoms with Gasteiger partial charge < -0.3 is 15.5 Å². The Hall–Kier alpha value is -1.62. The first-order chi connectivity index (χ1) is 7.49. The monoisotopic (exact) mass is 227 g/mol. The summed E-state index contributed by atoms with van der Waals surface area (Å²) in [5, 5.41) is 20.3. The van der Waals surface area contributed by atoms with E-state index in [-0.39, 0.29) is 18.7 Å². The Kier molecular flexibility index (Phi) is 4.25. The molecule has 0 amide bonds. The highest BCUT2D eigenvalue weighted by atomic mass is 19.1. The molecule has 0 aliphatic heterocycles. The highest BCUT2D eigenvalue weighted by Crippen LogP contribution is 2.15. The van der Waals surface area contributed by atoms with Crippen molar-refractivity contribution in [2.24, 2.45) is 0 Å². The minimum absolute atomic E-state index is 0.00623. The number of aliphatic hydroxyl groups is 1. The molecule has 0 bridgehead atoms. The van der Waals surface area contributed by atoms with E-state index in [0.717, 1.165) is 5.56 Å². The number of aliphatic hydroxyl groups excluding tert-OH is 1. The number of anilines is 1. The zero-order valence-corrected chi connectivity index (χ0v) is 8.90. The van der Waals surface area contributed by atoms with Crippen LogP contribution in [0.25, 0.3) is 0 Å². The lowest BCUT2D eigenvalue weighted by atomic mass is 10.2. The summed E-state index contributed by atoms with van der Waals surface area (Å²) < 4.78 is 13.3. The molecule has 0 aliphatic carbocycles. The molecule has 0 spiro atoms. The second-order valence-electron chi connectivity index (χ2n) is 3.62. The Morgan fingerprint density at radius 3 is 2.81 bits per heavy atom. The molecule has 5 heteroatoms. The summed E-state index contributed by atoms with van der Waals surface area (Å²) in [7, 11) is 0. The van der Waals surface area contributed by atoms with Crippen molar-refractivity contribution in [3.63, 3.8) is 0 Å². The van der Waals surface area contributed by atoms with Crippen LogP contribution in [0.15, 0.2) is 18.2 Å². The van der Waals surface area contributed by atoms with Crippen LogP contribution >= 0.6 is 0 Å². The maximum Gasteiger partial charge on any atom is 0.306 e. The van der Waals surface area contributed by atoms with Crippen molar-refractivity contribution in [3.8, 4) is 0 Å². The van der Waals surface area contributed by atoms with E-state index < -0.39 is 17.9 Å². The molecule has 0 heterocycles. The highest BCUT2D eigenvalue weighted by Gasteiger charge is 2.10. The van der Waals surface area contributed by atoms with Crippen LogP contribution in [0.3, 0.4) is 0 Å². The average Bonchev–Trinajstić information content (AvgIpc) is 2.15. The molecule has 0 aliphatic rings. The van der Waals surface area contributed by atoms with Crippen molar-refractivity contribution in [2.45, 2.75) is 19.4 Å². The fourth-order valence-electron chi connectivity index (χ4n) is 1.27. The third-order valence-corrected chi connectivity index (χ3v) is 2.06. The van der Waals surface area contributed by atoms with Crippen molar-refractivity contribution < 1.29 is 19.4 Å². The van der Waals surface area contributed by atoms with Crippen LogP contribution < -0.4 is 5.32 Å². The van der Waals surface area contributed by atoms with E-state index >= 15 is 0 Å². The molecule has 0 saturated carbocycles. The Morgan fingerprint density at radius 2 is 2.25 bits per heavy atom. The fraction of sp³-hybridized carbons (Fsp3) is 0.364. The number of nitrogens with one attached hydrogen (secondary N) is 1. The molecule has 1 rings (SSSR count). The Balaban J connectivity index is 2.51. The van der Waals surface area contributed by atoms with Gasteiger partial charge in [-0.15, -0.1) is 0 Å². The van der Waals surface area contributed by atoms with Gasteiger partial charge in [0.05, 0.1) is 18.2 Å². The standard InChI is InChI=1S/C11H14FNO3/c1-7-2-3-10(9(12)4-7)13-6-8(14)5-11(15)16/h2-4,8,13-14H,5-6H2,1H3,(H,15,16). The van der Waals surface area contributed by atoms with Gasteiger partial charge >= 0.3 is 5.97 Å². The number of carbonyl (C=O) groups is 1. The van der Waals surface area contributed by atoms with Crippen LogP contribution in [0.5, 0.6) is 0 Å². The van der Waals surface area contributed by atoms with E-state index in [0.29, 0.717) is 0 Å². The first-order valence-electron chi connectivity index (χ1n) is 4.89. The quantitative estimate of drug-likeness (QED) is 0.710. The lowest BCUT2D eigenvalue weighted by molar-refractivity contribution is -0.138. The van der Waals surface area contributed by atoms with E-state index in [1.807, 2.05) is 0 Å². The molecule has 4 nitrogen and oxygen atoms in total. The van der Waals surface area contributed by atoms with Gasteiger partial charge in [-0.1, -0.05) is 6.07 Å². The Morgan fingerprint density at radius 1 is 1.56 bits per heavy atom. The summed E-state index contributed by atoms with van der Waals surface area (Å²) in [6.45, 7) is 1.78. The largest absolute Gasteiger partial charge is 0.481 e. The van der Waals surface area contributed by atoms with Crippen molar-refractivity contribution in [2.75, 3.05) is 11.9 Å². The van der Waals surface area contributed by atoms with E-state index in [1.54, 1.807) is 19.1 Å². The predicted molar refractivity (Wildman–Crippen MR) is 57.9 cm³/mol. The van der Waals surface area contributed by atoms with Gasteiger partial charge in [-0.05, 0) is 24.6 Å². The number of benzene rings is 1. The van der Waals surface area contributed by atoms with Crippen LogP contribution in [0.4, 0.5) is 10.1 Å². The molecule has 1 atom stereocenters. The number of rotatable bonds is 5. The number of hydrogen-bond acceptors (Lipinski definition) is 3. The lowest BCUT2D eigenvalue weighted by Crippen LogP contribution is -2.22.